The highest BCUT2D eigenvalue weighted by Crippen LogP contribution is 2.38. The van der Waals surface area contributed by atoms with E-state index in [1.54, 1.807) is 23.3 Å². The molecule has 0 unspecified atom stereocenters. The van der Waals surface area contributed by atoms with Crippen molar-refractivity contribution in [2.45, 2.75) is 25.8 Å². The maximum Gasteiger partial charge on any atom is 0.231 e. The maximum atomic E-state index is 12.7. The van der Waals surface area contributed by atoms with E-state index in [9.17, 15) is 9.59 Å². The van der Waals surface area contributed by atoms with Crippen molar-refractivity contribution in [3.8, 4) is 0 Å². The van der Waals surface area contributed by atoms with Gasteiger partial charge in [-0.05, 0) is 24.8 Å². The standard InChI is InChI=1S/C15H17N3O2S2/c1-9-8-22-15(16-9)17-14(20)10-5-6-12(19)18(2)13(10)11-4-3-7-21-11/h3-4,7-8,10,13H,5-6H2,1-2H3,(H,16,17,20)/t10-,13-/m1/s1. The Balaban J connectivity index is 1.83. The van der Waals surface area contributed by atoms with Crippen molar-refractivity contribution in [3.63, 3.8) is 0 Å². The number of hydrogen-bond donors (Lipinski definition) is 1. The molecule has 3 rings (SSSR count). The molecule has 2 atom stereocenters. The maximum absolute atomic E-state index is 12.7. The number of aryl methyl sites for hydroxylation is 1. The number of rotatable bonds is 3. The number of anilines is 1. The number of carbonyl (C=O) groups is 2. The zero-order chi connectivity index (χ0) is 15.7. The molecule has 3 heterocycles. The van der Waals surface area contributed by atoms with Gasteiger partial charge in [0.1, 0.15) is 0 Å². The summed E-state index contributed by atoms with van der Waals surface area (Å²) in [7, 11) is 1.78. The Bertz CT molecular complexity index is 681. The molecule has 7 heteroatoms. The van der Waals surface area contributed by atoms with Crippen molar-refractivity contribution in [1.82, 2.24) is 9.88 Å². The minimum Gasteiger partial charge on any atom is -0.337 e. The fourth-order valence-electron chi connectivity index (χ4n) is 2.77. The first-order chi connectivity index (χ1) is 10.6. The van der Waals surface area contributed by atoms with Gasteiger partial charge in [-0.2, -0.15) is 0 Å². The first-order valence-electron chi connectivity index (χ1n) is 7.08. The molecule has 0 aliphatic carbocycles. The number of piperidine rings is 1. The molecular weight excluding hydrogens is 318 g/mol. The largest absolute Gasteiger partial charge is 0.337 e. The van der Waals surface area contributed by atoms with Gasteiger partial charge >= 0.3 is 0 Å². The summed E-state index contributed by atoms with van der Waals surface area (Å²) < 4.78 is 0. The van der Waals surface area contributed by atoms with Gasteiger partial charge in [0.15, 0.2) is 5.13 Å². The molecule has 2 aromatic heterocycles. The normalized spacial score (nSPS) is 21.9. The lowest BCUT2D eigenvalue weighted by Crippen LogP contribution is -2.44. The van der Waals surface area contributed by atoms with Gasteiger partial charge in [-0.25, -0.2) is 4.98 Å². The lowest BCUT2D eigenvalue weighted by Gasteiger charge is -2.37. The molecule has 1 aliphatic rings. The Labute approximate surface area is 137 Å². The molecule has 0 spiro atoms. The van der Waals surface area contributed by atoms with Gasteiger partial charge in [-0.3, -0.25) is 9.59 Å². The Kier molecular flexibility index (Phi) is 4.26. The number of nitrogens with one attached hydrogen (secondary N) is 1. The highest BCUT2D eigenvalue weighted by molar-refractivity contribution is 7.14. The van der Waals surface area contributed by atoms with Gasteiger partial charge in [-0.15, -0.1) is 22.7 Å². The Morgan fingerprint density at radius 1 is 1.45 bits per heavy atom. The van der Waals surface area contributed by atoms with E-state index in [4.69, 9.17) is 0 Å². The lowest BCUT2D eigenvalue weighted by atomic mass is 9.87. The number of carbonyl (C=O) groups excluding carboxylic acids is 2. The van der Waals surface area contributed by atoms with Gasteiger partial charge in [-0.1, -0.05) is 6.07 Å². The highest BCUT2D eigenvalue weighted by Gasteiger charge is 2.39. The summed E-state index contributed by atoms with van der Waals surface area (Å²) >= 11 is 3.00. The van der Waals surface area contributed by atoms with E-state index >= 15 is 0 Å². The fourth-order valence-corrected chi connectivity index (χ4v) is 4.40. The number of aromatic nitrogens is 1. The first kappa shape index (κ1) is 15.2. The van der Waals surface area contributed by atoms with Crippen molar-refractivity contribution in [2.75, 3.05) is 12.4 Å². The van der Waals surface area contributed by atoms with Gasteiger partial charge in [0.25, 0.3) is 0 Å². The number of likely N-dealkylation sites (tertiary alicyclic amines) is 1. The third-order valence-corrected chi connectivity index (χ3v) is 5.70. The molecule has 0 aromatic carbocycles. The smallest absolute Gasteiger partial charge is 0.231 e. The van der Waals surface area contributed by atoms with E-state index in [2.05, 4.69) is 10.3 Å². The van der Waals surface area contributed by atoms with Gasteiger partial charge in [0, 0.05) is 23.7 Å². The first-order valence-corrected chi connectivity index (χ1v) is 8.84. The zero-order valence-electron chi connectivity index (χ0n) is 12.4. The van der Waals surface area contributed by atoms with Crippen molar-refractivity contribution < 1.29 is 9.59 Å². The minimum atomic E-state index is -0.245. The Morgan fingerprint density at radius 2 is 2.27 bits per heavy atom. The quantitative estimate of drug-likeness (QED) is 0.938. The van der Waals surface area contributed by atoms with Crippen LogP contribution in [0.4, 0.5) is 5.13 Å². The molecular formula is C15H17N3O2S2. The summed E-state index contributed by atoms with van der Waals surface area (Å²) in [5, 5.41) is 7.39. The molecule has 0 saturated carbocycles. The monoisotopic (exact) mass is 335 g/mol. The molecule has 1 aliphatic heterocycles. The van der Waals surface area contributed by atoms with Crippen molar-refractivity contribution in [2.24, 2.45) is 5.92 Å². The average Bonchev–Trinajstić information content (AvgIpc) is 3.13. The summed E-state index contributed by atoms with van der Waals surface area (Å²) in [6.07, 6.45) is 0.981. The SMILES string of the molecule is Cc1csc(NC(=O)[C@@H]2CCC(=O)N(C)[C@H]2c2cccs2)n1. The summed E-state index contributed by atoms with van der Waals surface area (Å²) in [4.78, 5) is 31.7. The van der Waals surface area contributed by atoms with Crippen LogP contribution in [0.3, 0.4) is 0 Å². The number of thiazole rings is 1. The number of amides is 2. The minimum absolute atomic E-state index is 0.0629. The van der Waals surface area contributed by atoms with Gasteiger partial charge in [0.2, 0.25) is 11.8 Å². The average molecular weight is 335 g/mol. The highest BCUT2D eigenvalue weighted by atomic mass is 32.1. The predicted octanol–water partition coefficient (Wildman–Crippen LogP) is 3.06. The second kappa shape index (κ2) is 6.18. The second-order valence-corrected chi connectivity index (χ2v) is 7.23. The van der Waals surface area contributed by atoms with Crippen LogP contribution in [0.25, 0.3) is 0 Å². The molecule has 0 radical (unpaired) electrons. The van der Waals surface area contributed by atoms with Crippen LogP contribution in [-0.4, -0.2) is 28.7 Å². The van der Waals surface area contributed by atoms with Crippen LogP contribution in [0.5, 0.6) is 0 Å². The molecule has 1 N–H and O–H groups in total. The van der Waals surface area contributed by atoms with Crippen LogP contribution in [-0.2, 0) is 9.59 Å². The van der Waals surface area contributed by atoms with E-state index in [-0.39, 0.29) is 23.8 Å². The molecule has 2 aromatic rings. The molecule has 2 amide bonds. The molecule has 116 valence electrons. The molecule has 22 heavy (non-hydrogen) atoms. The fraction of sp³-hybridized carbons (Fsp3) is 0.400. The van der Waals surface area contributed by atoms with Gasteiger partial charge in [0.05, 0.1) is 17.7 Å². The van der Waals surface area contributed by atoms with Gasteiger partial charge < -0.3 is 10.2 Å². The summed E-state index contributed by atoms with van der Waals surface area (Å²) in [5.41, 5.74) is 0.894. The van der Waals surface area contributed by atoms with Crippen LogP contribution in [0, 0.1) is 12.8 Å². The van der Waals surface area contributed by atoms with Crippen molar-refractivity contribution >= 4 is 39.6 Å². The number of thiophene rings is 1. The molecule has 5 nitrogen and oxygen atoms in total. The summed E-state index contributed by atoms with van der Waals surface area (Å²) in [6.45, 7) is 1.90. The lowest BCUT2D eigenvalue weighted by molar-refractivity contribution is -0.140. The number of nitrogens with zero attached hydrogens (tertiary/aromatic N) is 2. The molecule has 1 fully saturated rings. The third kappa shape index (κ3) is 2.91. The predicted molar refractivity (Wildman–Crippen MR) is 88.0 cm³/mol. The van der Waals surface area contributed by atoms with Crippen molar-refractivity contribution in [1.29, 1.82) is 0 Å². The Morgan fingerprint density at radius 3 is 2.91 bits per heavy atom. The Hall–Kier alpha value is -1.73. The van der Waals surface area contributed by atoms with Crippen LogP contribution in [0.1, 0.15) is 29.5 Å². The van der Waals surface area contributed by atoms with Crippen molar-refractivity contribution in [3.05, 3.63) is 33.5 Å². The second-order valence-electron chi connectivity index (χ2n) is 5.39. The van der Waals surface area contributed by atoms with Crippen LogP contribution in [0.2, 0.25) is 0 Å². The van der Waals surface area contributed by atoms with E-state index in [1.165, 1.54) is 11.3 Å². The van der Waals surface area contributed by atoms with E-state index < -0.39 is 0 Å². The van der Waals surface area contributed by atoms with E-state index in [1.807, 2.05) is 29.8 Å². The third-order valence-electron chi connectivity index (χ3n) is 3.88. The topological polar surface area (TPSA) is 62.3 Å². The zero-order valence-corrected chi connectivity index (χ0v) is 14.0. The number of hydrogen-bond acceptors (Lipinski definition) is 5. The van der Waals surface area contributed by atoms with Crippen LogP contribution in [0.15, 0.2) is 22.9 Å². The van der Waals surface area contributed by atoms with Crippen LogP contribution >= 0.6 is 22.7 Å². The summed E-state index contributed by atoms with van der Waals surface area (Å²) in [5.74, 6) is -0.217. The molecule has 1 saturated heterocycles. The summed E-state index contributed by atoms with van der Waals surface area (Å²) in [6, 6.07) is 3.74. The van der Waals surface area contributed by atoms with Crippen LogP contribution < -0.4 is 5.32 Å². The van der Waals surface area contributed by atoms with E-state index in [0.29, 0.717) is 18.0 Å². The van der Waals surface area contributed by atoms with E-state index in [0.717, 1.165) is 10.6 Å². The molecule has 0 bridgehead atoms.